The van der Waals surface area contributed by atoms with Gasteiger partial charge in [-0.1, -0.05) is 24.3 Å². The highest BCUT2D eigenvalue weighted by molar-refractivity contribution is 5.70. The Morgan fingerprint density at radius 1 is 1.53 bits per heavy atom. The smallest absolute Gasteiger partial charge is 0.306 e. The van der Waals surface area contributed by atoms with Gasteiger partial charge in [0.1, 0.15) is 0 Å². The van der Waals surface area contributed by atoms with E-state index in [2.05, 4.69) is 18.2 Å². The van der Waals surface area contributed by atoms with Gasteiger partial charge in [-0.15, -0.1) is 0 Å². The van der Waals surface area contributed by atoms with Crippen molar-refractivity contribution in [3.05, 3.63) is 35.4 Å². The van der Waals surface area contributed by atoms with Gasteiger partial charge in [-0.3, -0.25) is 4.79 Å². The van der Waals surface area contributed by atoms with Gasteiger partial charge in [0.2, 0.25) is 0 Å². The van der Waals surface area contributed by atoms with E-state index in [0.717, 1.165) is 11.5 Å². The lowest BCUT2D eigenvalue weighted by atomic mass is 9.93. The fourth-order valence-electron chi connectivity index (χ4n) is 2.11. The van der Waals surface area contributed by atoms with Gasteiger partial charge in [0.15, 0.2) is 0 Å². The monoisotopic (exact) mass is 233 g/mol. The van der Waals surface area contributed by atoms with Crippen LogP contribution in [0.3, 0.4) is 0 Å². The zero-order valence-corrected chi connectivity index (χ0v) is 10.2. The molecule has 1 unspecified atom stereocenters. The van der Waals surface area contributed by atoms with Gasteiger partial charge in [0.25, 0.3) is 0 Å². The first kappa shape index (κ1) is 12.1. The zero-order valence-electron chi connectivity index (χ0n) is 10.2. The van der Waals surface area contributed by atoms with Crippen molar-refractivity contribution in [3.8, 4) is 0 Å². The van der Waals surface area contributed by atoms with Crippen LogP contribution in [0.1, 0.15) is 42.2 Å². The van der Waals surface area contributed by atoms with E-state index in [1.807, 2.05) is 6.07 Å². The number of benzene rings is 1. The van der Waals surface area contributed by atoms with E-state index in [4.69, 9.17) is 10.5 Å². The standard InChI is InChI=1S/C14H19NO2/c1-17-14(16)8-13(9-15)12-4-2-3-11(7-12)10-5-6-10/h2-4,7,10,13H,5-6,8-9,15H2,1H3. The van der Waals surface area contributed by atoms with Crippen LogP contribution in [0, 0.1) is 0 Å². The van der Waals surface area contributed by atoms with E-state index >= 15 is 0 Å². The molecule has 0 aliphatic heterocycles. The van der Waals surface area contributed by atoms with E-state index < -0.39 is 0 Å². The minimum absolute atomic E-state index is 0.0705. The summed E-state index contributed by atoms with van der Waals surface area (Å²) in [4.78, 5) is 11.3. The van der Waals surface area contributed by atoms with Crippen LogP contribution >= 0.6 is 0 Å². The summed E-state index contributed by atoms with van der Waals surface area (Å²) >= 11 is 0. The molecule has 2 rings (SSSR count). The molecule has 0 aromatic heterocycles. The number of carbonyl (C=O) groups is 1. The van der Waals surface area contributed by atoms with Crippen molar-refractivity contribution in [1.29, 1.82) is 0 Å². The number of methoxy groups -OCH3 is 1. The van der Waals surface area contributed by atoms with E-state index in [0.29, 0.717) is 13.0 Å². The molecular formula is C14H19NO2. The molecule has 1 aromatic carbocycles. The molecule has 0 amide bonds. The van der Waals surface area contributed by atoms with Crippen LogP contribution < -0.4 is 5.73 Å². The minimum Gasteiger partial charge on any atom is -0.469 e. The number of hydrogen-bond donors (Lipinski definition) is 1. The summed E-state index contributed by atoms with van der Waals surface area (Å²) in [6.45, 7) is 0.475. The van der Waals surface area contributed by atoms with Gasteiger partial charge < -0.3 is 10.5 Å². The highest BCUT2D eigenvalue weighted by Crippen LogP contribution is 2.40. The first-order valence-electron chi connectivity index (χ1n) is 6.11. The lowest BCUT2D eigenvalue weighted by Crippen LogP contribution is -2.17. The Bertz CT molecular complexity index is 399. The highest BCUT2D eigenvalue weighted by atomic mass is 16.5. The highest BCUT2D eigenvalue weighted by Gasteiger charge is 2.24. The Morgan fingerprint density at radius 3 is 2.88 bits per heavy atom. The van der Waals surface area contributed by atoms with Crippen LogP contribution in [0.4, 0.5) is 0 Å². The van der Waals surface area contributed by atoms with Crippen molar-refractivity contribution in [2.24, 2.45) is 5.73 Å². The molecule has 1 aliphatic carbocycles. The predicted molar refractivity (Wildman–Crippen MR) is 66.8 cm³/mol. The Balaban J connectivity index is 2.12. The zero-order chi connectivity index (χ0) is 12.3. The van der Waals surface area contributed by atoms with Crippen LogP contribution in [-0.4, -0.2) is 19.6 Å². The second-order valence-electron chi connectivity index (χ2n) is 4.66. The summed E-state index contributed by atoms with van der Waals surface area (Å²) in [7, 11) is 1.41. The molecular weight excluding hydrogens is 214 g/mol. The topological polar surface area (TPSA) is 52.3 Å². The molecule has 0 spiro atoms. The summed E-state index contributed by atoms with van der Waals surface area (Å²) in [5.74, 6) is 0.602. The van der Waals surface area contributed by atoms with Gasteiger partial charge in [0, 0.05) is 5.92 Å². The molecule has 0 radical (unpaired) electrons. The average Bonchev–Trinajstić information content (AvgIpc) is 3.20. The van der Waals surface area contributed by atoms with Gasteiger partial charge in [-0.05, 0) is 36.4 Å². The molecule has 2 N–H and O–H groups in total. The van der Waals surface area contributed by atoms with Crippen LogP contribution in [-0.2, 0) is 9.53 Å². The van der Waals surface area contributed by atoms with Crippen LogP contribution in [0.25, 0.3) is 0 Å². The van der Waals surface area contributed by atoms with Crippen LogP contribution in [0.2, 0.25) is 0 Å². The number of hydrogen-bond acceptors (Lipinski definition) is 3. The summed E-state index contributed by atoms with van der Waals surface area (Å²) < 4.78 is 4.70. The molecule has 1 aromatic rings. The molecule has 1 aliphatic rings. The van der Waals surface area contributed by atoms with Crippen molar-refractivity contribution in [2.45, 2.75) is 31.1 Å². The number of nitrogens with two attached hydrogens (primary N) is 1. The van der Waals surface area contributed by atoms with E-state index in [1.165, 1.54) is 25.5 Å². The largest absolute Gasteiger partial charge is 0.469 e. The Labute approximate surface area is 102 Å². The first-order chi connectivity index (χ1) is 8.24. The summed E-state index contributed by atoms with van der Waals surface area (Å²) in [5, 5.41) is 0. The maximum atomic E-state index is 11.3. The normalized spacial score (nSPS) is 16.6. The molecule has 92 valence electrons. The Kier molecular flexibility index (Phi) is 3.79. The number of ether oxygens (including phenoxy) is 1. The van der Waals surface area contributed by atoms with E-state index in [1.54, 1.807) is 0 Å². The quantitative estimate of drug-likeness (QED) is 0.793. The molecule has 1 atom stereocenters. The van der Waals surface area contributed by atoms with Crippen molar-refractivity contribution in [3.63, 3.8) is 0 Å². The Morgan fingerprint density at radius 2 is 2.29 bits per heavy atom. The fourth-order valence-corrected chi connectivity index (χ4v) is 2.11. The van der Waals surface area contributed by atoms with Crippen molar-refractivity contribution in [2.75, 3.05) is 13.7 Å². The maximum absolute atomic E-state index is 11.3. The predicted octanol–water partition coefficient (Wildman–Crippen LogP) is 2.17. The third kappa shape index (κ3) is 3.07. The van der Waals surface area contributed by atoms with E-state index in [-0.39, 0.29) is 11.9 Å². The van der Waals surface area contributed by atoms with Crippen LogP contribution in [0.5, 0.6) is 0 Å². The molecule has 17 heavy (non-hydrogen) atoms. The molecule has 3 nitrogen and oxygen atoms in total. The molecule has 0 bridgehead atoms. The molecule has 1 saturated carbocycles. The molecule has 3 heteroatoms. The summed E-state index contributed by atoms with van der Waals surface area (Å²) in [6, 6.07) is 8.46. The third-order valence-corrected chi connectivity index (χ3v) is 3.36. The van der Waals surface area contributed by atoms with Crippen molar-refractivity contribution < 1.29 is 9.53 Å². The number of carbonyl (C=O) groups excluding carboxylic acids is 1. The van der Waals surface area contributed by atoms with Gasteiger partial charge in [0.05, 0.1) is 13.5 Å². The SMILES string of the molecule is COC(=O)CC(CN)c1cccc(C2CC2)c1. The number of rotatable bonds is 5. The fraction of sp³-hybridized carbons (Fsp3) is 0.500. The van der Waals surface area contributed by atoms with Gasteiger partial charge in [-0.2, -0.15) is 0 Å². The number of esters is 1. The van der Waals surface area contributed by atoms with Gasteiger partial charge >= 0.3 is 5.97 Å². The van der Waals surface area contributed by atoms with Crippen molar-refractivity contribution in [1.82, 2.24) is 0 Å². The Hall–Kier alpha value is -1.35. The average molecular weight is 233 g/mol. The van der Waals surface area contributed by atoms with Crippen LogP contribution in [0.15, 0.2) is 24.3 Å². The maximum Gasteiger partial charge on any atom is 0.306 e. The second-order valence-corrected chi connectivity index (χ2v) is 4.66. The third-order valence-electron chi connectivity index (χ3n) is 3.36. The second kappa shape index (κ2) is 5.32. The summed E-state index contributed by atoms with van der Waals surface area (Å²) in [5.41, 5.74) is 8.28. The lowest BCUT2D eigenvalue weighted by Gasteiger charge is -2.14. The lowest BCUT2D eigenvalue weighted by molar-refractivity contribution is -0.141. The molecule has 0 heterocycles. The van der Waals surface area contributed by atoms with Gasteiger partial charge in [-0.25, -0.2) is 0 Å². The van der Waals surface area contributed by atoms with E-state index in [9.17, 15) is 4.79 Å². The summed E-state index contributed by atoms with van der Waals surface area (Å²) in [6.07, 6.45) is 2.93. The first-order valence-corrected chi connectivity index (χ1v) is 6.11. The molecule has 1 fully saturated rings. The molecule has 0 saturated heterocycles. The minimum atomic E-state index is -0.197. The van der Waals surface area contributed by atoms with Crippen molar-refractivity contribution >= 4 is 5.97 Å².